The Morgan fingerprint density at radius 1 is 1.53 bits per heavy atom. The van der Waals surface area contributed by atoms with Gasteiger partial charge in [0.15, 0.2) is 0 Å². The standard InChI is InChI=1S/C14H21N3O2/c1-10(18)12-6-7-17(9-12)13-5-4-11(8-15-13)14(19)16(2)3/h4-5,8,10,12,18H,6-7,9H2,1-3H3. The van der Waals surface area contributed by atoms with E-state index in [1.807, 2.05) is 13.0 Å². The van der Waals surface area contributed by atoms with Crippen molar-refractivity contribution in [1.29, 1.82) is 0 Å². The van der Waals surface area contributed by atoms with Crippen molar-refractivity contribution < 1.29 is 9.90 Å². The van der Waals surface area contributed by atoms with E-state index in [9.17, 15) is 9.90 Å². The van der Waals surface area contributed by atoms with Crippen LogP contribution in [0.4, 0.5) is 5.82 Å². The first-order chi connectivity index (χ1) is 8.99. The van der Waals surface area contributed by atoms with E-state index in [1.165, 1.54) is 4.90 Å². The van der Waals surface area contributed by atoms with Gasteiger partial charge in [0.05, 0.1) is 11.7 Å². The molecular weight excluding hydrogens is 242 g/mol. The Bertz CT molecular complexity index is 443. The normalized spacial score (nSPS) is 20.4. The van der Waals surface area contributed by atoms with Gasteiger partial charge in [-0.15, -0.1) is 0 Å². The van der Waals surface area contributed by atoms with Crippen LogP contribution in [-0.4, -0.2) is 54.2 Å². The molecule has 1 aromatic heterocycles. The second-order valence-corrected chi connectivity index (χ2v) is 5.34. The van der Waals surface area contributed by atoms with Gasteiger partial charge in [-0.05, 0) is 25.5 Å². The molecule has 2 unspecified atom stereocenters. The van der Waals surface area contributed by atoms with Crippen LogP contribution in [-0.2, 0) is 0 Å². The fraction of sp³-hybridized carbons (Fsp3) is 0.571. The molecule has 1 saturated heterocycles. The lowest BCUT2D eigenvalue weighted by atomic mass is 10.0. The van der Waals surface area contributed by atoms with Crippen LogP contribution in [0.25, 0.3) is 0 Å². The number of carbonyl (C=O) groups excluding carboxylic acids is 1. The number of aliphatic hydroxyl groups excluding tert-OH is 1. The van der Waals surface area contributed by atoms with Crippen molar-refractivity contribution >= 4 is 11.7 Å². The third kappa shape index (κ3) is 3.04. The number of hydrogen-bond donors (Lipinski definition) is 1. The fourth-order valence-electron chi connectivity index (χ4n) is 2.35. The molecule has 0 aromatic carbocycles. The quantitative estimate of drug-likeness (QED) is 0.883. The zero-order chi connectivity index (χ0) is 14.0. The lowest BCUT2D eigenvalue weighted by Gasteiger charge is -2.19. The van der Waals surface area contributed by atoms with E-state index in [2.05, 4.69) is 9.88 Å². The highest BCUT2D eigenvalue weighted by molar-refractivity contribution is 5.93. The van der Waals surface area contributed by atoms with E-state index in [0.29, 0.717) is 11.5 Å². The van der Waals surface area contributed by atoms with Crippen LogP contribution in [0.1, 0.15) is 23.7 Å². The third-order valence-corrected chi connectivity index (χ3v) is 3.63. The van der Waals surface area contributed by atoms with Crippen LogP contribution in [0.5, 0.6) is 0 Å². The fourth-order valence-corrected chi connectivity index (χ4v) is 2.35. The maximum Gasteiger partial charge on any atom is 0.254 e. The van der Waals surface area contributed by atoms with Gasteiger partial charge in [-0.2, -0.15) is 0 Å². The highest BCUT2D eigenvalue weighted by Crippen LogP contribution is 2.24. The molecule has 104 valence electrons. The average molecular weight is 263 g/mol. The minimum absolute atomic E-state index is 0.0395. The van der Waals surface area contributed by atoms with Crippen LogP contribution in [0.15, 0.2) is 18.3 Å². The molecule has 19 heavy (non-hydrogen) atoms. The van der Waals surface area contributed by atoms with Gasteiger partial charge in [0, 0.05) is 39.3 Å². The zero-order valence-corrected chi connectivity index (χ0v) is 11.7. The van der Waals surface area contributed by atoms with Crippen molar-refractivity contribution in [2.75, 3.05) is 32.1 Å². The molecule has 0 bridgehead atoms. The summed E-state index contributed by atoms with van der Waals surface area (Å²) in [6.07, 6.45) is 2.32. The zero-order valence-electron chi connectivity index (χ0n) is 11.7. The monoisotopic (exact) mass is 263 g/mol. The molecule has 2 heterocycles. The van der Waals surface area contributed by atoms with E-state index in [1.54, 1.807) is 26.4 Å². The first kappa shape index (κ1) is 13.8. The summed E-state index contributed by atoms with van der Waals surface area (Å²) in [5.41, 5.74) is 0.597. The number of pyridine rings is 1. The van der Waals surface area contributed by atoms with Gasteiger partial charge >= 0.3 is 0 Å². The van der Waals surface area contributed by atoms with Crippen molar-refractivity contribution in [3.63, 3.8) is 0 Å². The molecule has 2 rings (SSSR count). The van der Waals surface area contributed by atoms with Gasteiger partial charge < -0.3 is 14.9 Å². The summed E-state index contributed by atoms with van der Waals surface area (Å²) in [5, 5.41) is 9.60. The molecule has 5 heteroatoms. The molecule has 1 aromatic rings. The SMILES string of the molecule is CC(O)C1CCN(c2ccc(C(=O)N(C)C)cn2)C1. The van der Waals surface area contributed by atoms with Crippen molar-refractivity contribution in [3.8, 4) is 0 Å². The molecule has 0 saturated carbocycles. The maximum absolute atomic E-state index is 11.8. The third-order valence-electron chi connectivity index (χ3n) is 3.63. The van der Waals surface area contributed by atoms with E-state index in [0.717, 1.165) is 25.3 Å². The second kappa shape index (κ2) is 5.57. The summed E-state index contributed by atoms with van der Waals surface area (Å²) in [7, 11) is 3.45. The van der Waals surface area contributed by atoms with Gasteiger partial charge in [0.2, 0.25) is 0 Å². The summed E-state index contributed by atoms with van der Waals surface area (Å²) in [4.78, 5) is 19.8. The Hall–Kier alpha value is -1.62. The number of amides is 1. The van der Waals surface area contributed by atoms with Gasteiger partial charge in [-0.25, -0.2) is 4.98 Å². The minimum Gasteiger partial charge on any atom is -0.393 e. The van der Waals surface area contributed by atoms with Crippen LogP contribution >= 0.6 is 0 Å². The van der Waals surface area contributed by atoms with Crippen molar-refractivity contribution in [2.45, 2.75) is 19.4 Å². The number of rotatable bonds is 3. The molecule has 1 amide bonds. The molecule has 0 radical (unpaired) electrons. The first-order valence-corrected chi connectivity index (χ1v) is 6.59. The molecule has 1 aliphatic rings. The van der Waals surface area contributed by atoms with E-state index in [-0.39, 0.29) is 12.0 Å². The molecule has 1 fully saturated rings. The van der Waals surface area contributed by atoms with E-state index in [4.69, 9.17) is 0 Å². The van der Waals surface area contributed by atoms with Gasteiger partial charge in [-0.1, -0.05) is 0 Å². The lowest BCUT2D eigenvalue weighted by molar-refractivity contribution is 0.0827. The molecule has 5 nitrogen and oxygen atoms in total. The van der Waals surface area contributed by atoms with E-state index >= 15 is 0 Å². The number of hydrogen-bond acceptors (Lipinski definition) is 4. The molecular formula is C14H21N3O2. The molecule has 1 aliphatic heterocycles. The van der Waals surface area contributed by atoms with Crippen molar-refractivity contribution in [1.82, 2.24) is 9.88 Å². The topological polar surface area (TPSA) is 56.7 Å². The Kier molecular flexibility index (Phi) is 4.04. The smallest absolute Gasteiger partial charge is 0.254 e. The van der Waals surface area contributed by atoms with E-state index < -0.39 is 0 Å². The van der Waals surface area contributed by atoms with Crippen LogP contribution in [0.3, 0.4) is 0 Å². The number of aromatic nitrogens is 1. The van der Waals surface area contributed by atoms with Crippen LogP contribution in [0, 0.1) is 5.92 Å². The summed E-state index contributed by atoms with van der Waals surface area (Å²) >= 11 is 0. The highest BCUT2D eigenvalue weighted by atomic mass is 16.3. The number of anilines is 1. The highest BCUT2D eigenvalue weighted by Gasteiger charge is 2.26. The van der Waals surface area contributed by atoms with Crippen molar-refractivity contribution in [2.24, 2.45) is 5.92 Å². The Morgan fingerprint density at radius 3 is 2.74 bits per heavy atom. The van der Waals surface area contributed by atoms with Crippen LogP contribution < -0.4 is 4.90 Å². The number of aliphatic hydroxyl groups is 1. The Balaban J connectivity index is 2.05. The van der Waals surface area contributed by atoms with Crippen LogP contribution in [0.2, 0.25) is 0 Å². The summed E-state index contributed by atoms with van der Waals surface area (Å²) in [6.45, 7) is 3.57. The second-order valence-electron chi connectivity index (χ2n) is 5.34. The first-order valence-electron chi connectivity index (χ1n) is 6.59. The maximum atomic E-state index is 11.8. The number of carbonyl (C=O) groups is 1. The summed E-state index contributed by atoms with van der Waals surface area (Å²) in [6, 6.07) is 3.68. The Morgan fingerprint density at radius 2 is 2.26 bits per heavy atom. The minimum atomic E-state index is -0.278. The predicted molar refractivity (Wildman–Crippen MR) is 74.3 cm³/mol. The summed E-state index contributed by atoms with van der Waals surface area (Å²) < 4.78 is 0. The molecule has 1 N–H and O–H groups in total. The Labute approximate surface area is 113 Å². The van der Waals surface area contributed by atoms with Gasteiger partial charge in [0.25, 0.3) is 5.91 Å². The molecule has 0 spiro atoms. The largest absolute Gasteiger partial charge is 0.393 e. The molecule has 2 atom stereocenters. The molecule has 0 aliphatic carbocycles. The number of nitrogens with zero attached hydrogens (tertiary/aromatic N) is 3. The van der Waals surface area contributed by atoms with Gasteiger partial charge in [0.1, 0.15) is 5.82 Å². The lowest BCUT2D eigenvalue weighted by Crippen LogP contribution is -2.25. The van der Waals surface area contributed by atoms with Crippen molar-refractivity contribution in [3.05, 3.63) is 23.9 Å². The predicted octanol–water partition coefficient (Wildman–Crippen LogP) is 0.990. The summed E-state index contributed by atoms with van der Waals surface area (Å²) in [5.74, 6) is 1.14. The van der Waals surface area contributed by atoms with Gasteiger partial charge in [-0.3, -0.25) is 4.79 Å². The average Bonchev–Trinajstić information content (AvgIpc) is 2.87.